The quantitative estimate of drug-likeness (QED) is 0.602. The molecule has 2 rings (SSSR count). The van der Waals surface area contributed by atoms with Crippen LogP contribution in [0.15, 0.2) is 18.2 Å². The molecule has 0 aromatic heterocycles. The van der Waals surface area contributed by atoms with Gasteiger partial charge in [0.2, 0.25) is 22.3 Å². The topological polar surface area (TPSA) is 96.5 Å². The molecular weight excluding hydrogens is 362 g/mol. The van der Waals surface area contributed by atoms with Crippen molar-refractivity contribution in [3.05, 3.63) is 18.2 Å². The molecule has 0 N–H and O–H groups in total. The maximum Gasteiger partial charge on any atom is 0.243 e. The second-order valence-corrected chi connectivity index (χ2v) is 7.74. The SMILES string of the molecule is COc1ccc(N(CC(=O)N2CCN(C=O)CC2)S(C)(=O)=O)c(OC)c1. The number of carbonyl (C=O) groups excluding carboxylic acids is 2. The van der Waals surface area contributed by atoms with Gasteiger partial charge < -0.3 is 19.3 Å². The predicted octanol–water partition coefficient (Wildman–Crippen LogP) is -0.230. The van der Waals surface area contributed by atoms with Crippen LogP contribution in [0.3, 0.4) is 0 Å². The van der Waals surface area contributed by atoms with Crippen molar-refractivity contribution < 1.29 is 27.5 Å². The van der Waals surface area contributed by atoms with Crippen LogP contribution in [0.2, 0.25) is 0 Å². The number of sulfonamides is 1. The number of nitrogens with zero attached hydrogens (tertiary/aromatic N) is 3. The third-order valence-electron chi connectivity index (χ3n) is 4.15. The Kier molecular flexibility index (Phi) is 6.30. The van der Waals surface area contributed by atoms with E-state index >= 15 is 0 Å². The first-order valence-corrected chi connectivity index (χ1v) is 9.82. The van der Waals surface area contributed by atoms with Gasteiger partial charge in [-0.25, -0.2) is 8.42 Å². The lowest BCUT2D eigenvalue weighted by atomic mass is 10.2. The lowest BCUT2D eigenvalue weighted by molar-refractivity contribution is -0.133. The van der Waals surface area contributed by atoms with Crippen LogP contribution in [0.25, 0.3) is 0 Å². The molecule has 2 amide bonds. The maximum atomic E-state index is 12.6. The zero-order valence-electron chi connectivity index (χ0n) is 15.0. The van der Waals surface area contributed by atoms with Crippen molar-refractivity contribution in [3.63, 3.8) is 0 Å². The van der Waals surface area contributed by atoms with Gasteiger partial charge in [-0.1, -0.05) is 0 Å². The van der Waals surface area contributed by atoms with Crippen LogP contribution in [0.1, 0.15) is 0 Å². The molecule has 1 fully saturated rings. The number of amides is 2. The first-order valence-electron chi connectivity index (χ1n) is 7.97. The number of piperazine rings is 1. The van der Waals surface area contributed by atoms with Gasteiger partial charge in [-0.2, -0.15) is 0 Å². The first kappa shape index (κ1) is 19.8. The first-order chi connectivity index (χ1) is 12.3. The number of ether oxygens (including phenoxy) is 2. The highest BCUT2D eigenvalue weighted by molar-refractivity contribution is 7.92. The summed E-state index contributed by atoms with van der Waals surface area (Å²) in [6, 6.07) is 4.69. The van der Waals surface area contributed by atoms with Gasteiger partial charge in [0.25, 0.3) is 0 Å². The van der Waals surface area contributed by atoms with E-state index in [2.05, 4.69) is 0 Å². The van der Waals surface area contributed by atoms with E-state index in [1.54, 1.807) is 21.9 Å². The highest BCUT2D eigenvalue weighted by Crippen LogP contribution is 2.33. The van der Waals surface area contributed by atoms with Crippen molar-refractivity contribution >= 4 is 28.0 Å². The van der Waals surface area contributed by atoms with Gasteiger partial charge in [0, 0.05) is 32.2 Å². The molecule has 1 saturated heterocycles. The number of anilines is 1. The van der Waals surface area contributed by atoms with Crippen LogP contribution in [0.4, 0.5) is 5.69 Å². The minimum Gasteiger partial charge on any atom is -0.497 e. The number of hydrogen-bond acceptors (Lipinski definition) is 6. The van der Waals surface area contributed by atoms with Crippen LogP contribution in [-0.2, 0) is 19.6 Å². The summed E-state index contributed by atoms with van der Waals surface area (Å²) in [4.78, 5) is 26.5. The molecule has 0 saturated carbocycles. The van der Waals surface area contributed by atoms with Gasteiger partial charge in [0.1, 0.15) is 18.0 Å². The number of benzene rings is 1. The molecule has 1 aliphatic rings. The maximum absolute atomic E-state index is 12.6. The summed E-state index contributed by atoms with van der Waals surface area (Å²) in [7, 11) is -0.814. The molecule has 10 heteroatoms. The third kappa shape index (κ3) is 4.57. The Bertz CT molecular complexity index is 759. The van der Waals surface area contributed by atoms with E-state index in [1.165, 1.54) is 20.3 Å². The minimum atomic E-state index is -3.72. The van der Waals surface area contributed by atoms with E-state index in [0.717, 1.165) is 17.0 Å². The van der Waals surface area contributed by atoms with Gasteiger partial charge in [-0.05, 0) is 12.1 Å². The largest absolute Gasteiger partial charge is 0.497 e. The molecule has 0 bridgehead atoms. The Labute approximate surface area is 153 Å². The summed E-state index contributed by atoms with van der Waals surface area (Å²) >= 11 is 0. The van der Waals surface area contributed by atoms with Crippen molar-refractivity contribution in [2.45, 2.75) is 0 Å². The van der Waals surface area contributed by atoms with E-state index in [0.29, 0.717) is 31.9 Å². The van der Waals surface area contributed by atoms with Crippen molar-refractivity contribution in [2.24, 2.45) is 0 Å². The summed E-state index contributed by atoms with van der Waals surface area (Å²) in [5.74, 6) is 0.461. The zero-order valence-corrected chi connectivity index (χ0v) is 15.9. The molecule has 1 aromatic carbocycles. The van der Waals surface area contributed by atoms with Gasteiger partial charge in [0.05, 0.1) is 26.2 Å². The van der Waals surface area contributed by atoms with Crippen molar-refractivity contribution in [1.82, 2.24) is 9.80 Å². The van der Waals surface area contributed by atoms with Crippen LogP contribution < -0.4 is 13.8 Å². The smallest absolute Gasteiger partial charge is 0.243 e. The highest BCUT2D eigenvalue weighted by atomic mass is 32.2. The second-order valence-electron chi connectivity index (χ2n) is 5.83. The Morgan fingerprint density at radius 1 is 1.19 bits per heavy atom. The van der Waals surface area contributed by atoms with E-state index in [-0.39, 0.29) is 23.9 Å². The molecule has 9 nitrogen and oxygen atoms in total. The molecule has 0 atom stereocenters. The summed E-state index contributed by atoms with van der Waals surface area (Å²) in [6.45, 7) is 1.26. The number of rotatable bonds is 7. The molecule has 0 spiro atoms. The third-order valence-corrected chi connectivity index (χ3v) is 5.28. The summed E-state index contributed by atoms with van der Waals surface area (Å²) < 4.78 is 36.0. The van der Waals surface area contributed by atoms with E-state index in [4.69, 9.17) is 9.47 Å². The fourth-order valence-electron chi connectivity index (χ4n) is 2.67. The van der Waals surface area contributed by atoms with Crippen LogP contribution in [-0.4, -0.2) is 83.7 Å². The Hall–Kier alpha value is -2.49. The molecule has 26 heavy (non-hydrogen) atoms. The average molecular weight is 385 g/mol. The highest BCUT2D eigenvalue weighted by Gasteiger charge is 2.28. The van der Waals surface area contributed by atoms with Crippen molar-refractivity contribution in [1.29, 1.82) is 0 Å². The van der Waals surface area contributed by atoms with Crippen molar-refractivity contribution in [2.75, 3.05) is 57.5 Å². The molecule has 0 aliphatic carbocycles. The lowest BCUT2D eigenvalue weighted by Gasteiger charge is -2.34. The van der Waals surface area contributed by atoms with Gasteiger partial charge >= 0.3 is 0 Å². The number of methoxy groups -OCH3 is 2. The van der Waals surface area contributed by atoms with Gasteiger partial charge in [-0.3, -0.25) is 13.9 Å². The standard InChI is InChI=1S/C16H23N3O6S/c1-24-13-4-5-14(15(10-13)25-2)19(26(3,22)23)11-16(21)18-8-6-17(12-20)7-9-18/h4-5,10,12H,6-9,11H2,1-3H3. The van der Waals surface area contributed by atoms with Crippen LogP contribution in [0.5, 0.6) is 11.5 Å². The van der Waals surface area contributed by atoms with E-state index in [9.17, 15) is 18.0 Å². The predicted molar refractivity (Wildman–Crippen MR) is 96.0 cm³/mol. The van der Waals surface area contributed by atoms with Crippen molar-refractivity contribution in [3.8, 4) is 11.5 Å². The monoisotopic (exact) mass is 385 g/mol. The fourth-order valence-corrected chi connectivity index (χ4v) is 3.52. The zero-order chi connectivity index (χ0) is 19.3. The number of carbonyl (C=O) groups is 2. The fraction of sp³-hybridized carbons (Fsp3) is 0.500. The lowest BCUT2D eigenvalue weighted by Crippen LogP contribution is -2.51. The molecular formula is C16H23N3O6S. The van der Waals surface area contributed by atoms with Crippen LogP contribution >= 0.6 is 0 Å². The molecule has 1 heterocycles. The normalized spacial score (nSPS) is 14.7. The Morgan fingerprint density at radius 3 is 2.35 bits per heavy atom. The Balaban J connectivity index is 2.24. The molecule has 1 aliphatic heterocycles. The second kappa shape index (κ2) is 8.26. The number of hydrogen-bond donors (Lipinski definition) is 0. The van der Waals surface area contributed by atoms with Crippen LogP contribution in [0, 0.1) is 0 Å². The Morgan fingerprint density at radius 2 is 1.85 bits per heavy atom. The van der Waals surface area contributed by atoms with E-state index < -0.39 is 10.0 Å². The minimum absolute atomic E-state index is 0.260. The summed E-state index contributed by atoms with van der Waals surface area (Å²) in [5.41, 5.74) is 0.260. The molecule has 0 unspecified atom stereocenters. The van der Waals surface area contributed by atoms with Gasteiger partial charge in [0.15, 0.2) is 0 Å². The average Bonchev–Trinajstić information content (AvgIpc) is 2.64. The van der Waals surface area contributed by atoms with E-state index in [1.807, 2.05) is 0 Å². The summed E-state index contributed by atoms with van der Waals surface area (Å²) in [5, 5.41) is 0. The molecule has 1 aromatic rings. The summed E-state index contributed by atoms with van der Waals surface area (Å²) in [6.07, 6.45) is 1.78. The molecule has 144 valence electrons. The van der Waals surface area contributed by atoms with Gasteiger partial charge in [-0.15, -0.1) is 0 Å². The molecule has 0 radical (unpaired) electrons.